The molecule has 4 rings (SSSR count). The molecule has 1 aromatic carbocycles. The first-order valence-electron chi connectivity index (χ1n) is 9.90. The van der Waals surface area contributed by atoms with Gasteiger partial charge in [0.1, 0.15) is 5.82 Å². The zero-order valence-corrected chi connectivity index (χ0v) is 18.2. The predicted octanol–water partition coefficient (Wildman–Crippen LogP) is 4.56. The van der Waals surface area contributed by atoms with E-state index in [1.165, 1.54) is 4.70 Å². The molecular weight excluding hydrogens is 394 g/mol. The van der Waals surface area contributed by atoms with Crippen LogP contribution in [0.5, 0.6) is 0 Å². The fourth-order valence-corrected chi connectivity index (χ4v) is 3.91. The van der Waals surface area contributed by atoms with Crippen molar-refractivity contribution in [1.82, 2.24) is 24.8 Å². The van der Waals surface area contributed by atoms with Crippen molar-refractivity contribution in [3.05, 3.63) is 53.7 Å². The Bertz CT molecular complexity index is 1130. The summed E-state index contributed by atoms with van der Waals surface area (Å²) in [5, 5.41) is 7.80. The summed E-state index contributed by atoms with van der Waals surface area (Å²) in [6.45, 7) is 3.83. The highest BCUT2D eigenvalue weighted by atomic mass is 32.1. The molecule has 2 N–H and O–H groups in total. The summed E-state index contributed by atoms with van der Waals surface area (Å²) >= 11 is 1.70. The fraction of sp³-hybridized carbons (Fsp3) is 0.273. The average molecular weight is 420 g/mol. The molecule has 0 unspecified atom stereocenters. The van der Waals surface area contributed by atoms with Crippen molar-refractivity contribution >= 4 is 39.0 Å². The summed E-state index contributed by atoms with van der Waals surface area (Å²) in [5.41, 5.74) is 3.51. The van der Waals surface area contributed by atoms with Crippen molar-refractivity contribution in [2.24, 2.45) is 0 Å². The first-order chi connectivity index (χ1) is 14.6. The van der Waals surface area contributed by atoms with Gasteiger partial charge in [0.15, 0.2) is 0 Å². The van der Waals surface area contributed by atoms with Crippen molar-refractivity contribution in [2.45, 2.75) is 13.3 Å². The monoisotopic (exact) mass is 419 g/mol. The second kappa shape index (κ2) is 9.15. The Morgan fingerprint density at radius 2 is 1.90 bits per heavy atom. The molecule has 7 nitrogen and oxygen atoms in total. The Morgan fingerprint density at radius 1 is 1.00 bits per heavy atom. The normalized spacial score (nSPS) is 11.2. The minimum atomic E-state index is 0.588. The van der Waals surface area contributed by atoms with E-state index in [0.29, 0.717) is 11.8 Å². The molecule has 0 saturated heterocycles. The SMILES string of the molecule is Cc1nc2cc(Nc3cc(-c4ccccn4)nc(NCCCN(C)C)n3)ccc2s1. The van der Waals surface area contributed by atoms with Crippen LogP contribution in [0.15, 0.2) is 48.7 Å². The van der Waals surface area contributed by atoms with E-state index >= 15 is 0 Å². The third kappa shape index (κ3) is 5.08. The summed E-state index contributed by atoms with van der Waals surface area (Å²) < 4.78 is 1.18. The molecule has 0 bridgehead atoms. The van der Waals surface area contributed by atoms with Crippen LogP contribution in [0.2, 0.25) is 0 Å². The number of nitrogens with one attached hydrogen (secondary N) is 2. The van der Waals surface area contributed by atoms with E-state index in [4.69, 9.17) is 0 Å². The van der Waals surface area contributed by atoms with Gasteiger partial charge < -0.3 is 15.5 Å². The quantitative estimate of drug-likeness (QED) is 0.405. The van der Waals surface area contributed by atoms with Gasteiger partial charge >= 0.3 is 0 Å². The van der Waals surface area contributed by atoms with Crippen molar-refractivity contribution in [3.8, 4) is 11.4 Å². The standard InChI is InChI=1S/C22H25N7S/c1-15-25-19-13-16(8-9-20(19)30-15)26-21-14-18(17-7-4-5-10-23-17)27-22(28-21)24-11-6-12-29(2)3/h4-5,7-10,13-14H,6,11-12H2,1-3H3,(H2,24,26,27,28). The highest BCUT2D eigenvalue weighted by Crippen LogP contribution is 2.27. The largest absolute Gasteiger partial charge is 0.354 e. The molecule has 8 heteroatoms. The van der Waals surface area contributed by atoms with Crippen LogP contribution in [-0.2, 0) is 0 Å². The fourth-order valence-electron chi connectivity index (χ4n) is 3.10. The van der Waals surface area contributed by atoms with Crippen molar-refractivity contribution in [2.75, 3.05) is 37.8 Å². The van der Waals surface area contributed by atoms with Gasteiger partial charge in [-0.25, -0.2) is 9.97 Å². The Kier molecular flexibility index (Phi) is 6.15. The highest BCUT2D eigenvalue weighted by Gasteiger charge is 2.09. The van der Waals surface area contributed by atoms with E-state index in [2.05, 4.69) is 55.6 Å². The predicted molar refractivity (Wildman–Crippen MR) is 125 cm³/mol. The molecule has 0 aliphatic rings. The lowest BCUT2D eigenvalue weighted by Crippen LogP contribution is -2.17. The van der Waals surface area contributed by atoms with Gasteiger partial charge in [-0.05, 0) is 64.3 Å². The maximum absolute atomic E-state index is 4.67. The molecule has 0 atom stereocenters. The molecule has 0 aliphatic heterocycles. The molecule has 30 heavy (non-hydrogen) atoms. The number of pyridine rings is 1. The van der Waals surface area contributed by atoms with Crippen LogP contribution in [-0.4, -0.2) is 52.0 Å². The number of hydrogen-bond donors (Lipinski definition) is 2. The van der Waals surface area contributed by atoms with Crippen LogP contribution in [0.4, 0.5) is 17.5 Å². The van der Waals surface area contributed by atoms with Crippen LogP contribution in [0.3, 0.4) is 0 Å². The minimum Gasteiger partial charge on any atom is -0.354 e. The molecule has 0 amide bonds. The first-order valence-corrected chi connectivity index (χ1v) is 10.7. The third-order valence-electron chi connectivity index (χ3n) is 4.49. The van der Waals surface area contributed by atoms with E-state index in [9.17, 15) is 0 Å². The van der Waals surface area contributed by atoms with E-state index in [1.807, 2.05) is 43.3 Å². The Hall–Kier alpha value is -3.10. The summed E-state index contributed by atoms with van der Waals surface area (Å²) in [6.07, 6.45) is 2.78. The number of hydrogen-bond acceptors (Lipinski definition) is 8. The number of thiazole rings is 1. The van der Waals surface area contributed by atoms with Gasteiger partial charge in [0.25, 0.3) is 0 Å². The van der Waals surface area contributed by atoms with Gasteiger partial charge in [-0.3, -0.25) is 4.98 Å². The maximum Gasteiger partial charge on any atom is 0.225 e. The maximum atomic E-state index is 4.67. The summed E-state index contributed by atoms with van der Waals surface area (Å²) in [7, 11) is 4.14. The van der Waals surface area contributed by atoms with Gasteiger partial charge in [0, 0.05) is 24.5 Å². The second-order valence-electron chi connectivity index (χ2n) is 7.30. The number of rotatable bonds is 8. The zero-order chi connectivity index (χ0) is 20.9. The highest BCUT2D eigenvalue weighted by molar-refractivity contribution is 7.18. The number of aryl methyl sites for hydroxylation is 1. The molecule has 0 fully saturated rings. The Balaban J connectivity index is 1.60. The number of nitrogens with zero attached hydrogens (tertiary/aromatic N) is 5. The molecule has 4 aromatic rings. The van der Waals surface area contributed by atoms with E-state index in [1.54, 1.807) is 17.5 Å². The topological polar surface area (TPSA) is 78.9 Å². The second-order valence-corrected chi connectivity index (χ2v) is 8.54. The van der Waals surface area contributed by atoms with E-state index < -0.39 is 0 Å². The van der Waals surface area contributed by atoms with Gasteiger partial charge in [0.05, 0.1) is 26.6 Å². The summed E-state index contributed by atoms with van der Waals surface area (Å²) in [4.78, 5) is 20.5. The molecule has 0 aliphatic carbocycles. The van der Waals surface area contributed by atoms with Crippen molar-refractivity contribution in [1.29, 1.82) is 0 Å². The molecule has 154 valence electrons. The molecule has 0 saturated carbocycles. The van der Waals surface area contributed by atoms with E-state index in [-0.39, 0.29) is 0 Å². The summed E-state index contributed by atoms with van der Waals surface area (Å²) in [6, 6.07) is 13.9. The van der Waals surface area contributed by atoms with Gasteiger partial charge in [-0.2, -0.15) is 4.98 Å². The van der Waals surface area contributed by atoms with Gasteiger partial charge in [0.2, 0.25) is 5.95 Å². The minimum absolute atomic E-state index is 0.588. The van der Waals surface area contributed by atoms with Crippen LogP contribution in [0.25, 0.3) is 21.6 Å². The number of fused-ring (bicyclic) bond motifs is 1. The lowest BCUT2D eigenvalue weighted by molar-refractivity contribution is 0.405. The molecule has 0 radical (unpaired) electrons. The average Bonchev–Trinajstić information content (AvgIpc) is 3.11. The Morgan fingerprint density at radius 3 is 2.70 bits per heavy atom. The molecule has 3 aromatic heterocycles. The van der Waals surface area contributed by atoms with Crippen LogP contribution in [0.1, 0.15) is 11.4 Å². The lowest BCUT2D eigenvalue weighted by atomic mass is 10.2. The lowest BCUT2D eigenvalue weighted by Gasteiger charge is -2.12. The van der Waals surface area contributed by atoms with Crippen LogP contribution >= 0.6 is 11.3 Å². The molecule has 0 spiro atoms. The molecule has 3 heterocycles. The van der Waals surface area contributed by atoms with Crippen molar-refractivity contribution in [3.63, 3.8) is 0 Å². The Labute approximate surface area is 180 Å². The number of aromatic nitrogens is 4. The zero-order valence-electron chi connectivity index (χ0n) is 17.4. The van der Waals surface area contributed by atoms with Crippen LogP contribution < -0.4 is 10.6 Å². The summed E-state index contributed by atoms with van der Waals surface area (Å²) in [5.74, 6) is 1.30. The smallest absolute Gasteiger partial charge is 0.225 e. The van der Waals surface area contributed by atoms with Gasteiger partial charge in [-0.1, -0.05) is 6.07 Å². The van der Waals surface area contributed by atoms with Crippen molar-refractivity contribution < 1.29 is 0 Å². The van der Waals surface area contributed by atoms with E-state index in [0.717, 1.165) is 47.1 Å². The number of benzene rings is 1. The molecular formula is C22H25N7S. The van der Waals surface area contributed by atoms with Gasteiger partial charge in [-0.15, -0.1) is 11.3 Å². The third-order valence-corrected chi connectivity index (χ3v) is 5.44. The first kappa shape index (κ1) is 20.2. The number of anilines is 3. The van der Waals surface area contributed by atoms with Crippen LogP contribution in [0, 0.1) is 6.92 Å².